The Kier molecular flexibility index (Phi) is 11.8. The van der Waals surface area contributed by atoms with E-state index >= 15 is 0 Å². The van der Waals surface area contributed by atoms with Crippen molar-refractivity contribution >= 4 is 17.9 Å². The second-order valence-corrected chi connectivity index (χ2v) is 10.5. The van der Waals surface area contributed by atoms with Crippen LogP contribution in [0.5, 0.6) is 0 Å². The molecule has 0 aromatic heterocycles. The summed E-state index contributed by atoms with van der Waals surface area (Å²) >= 11 is 0. The monoisotopic (exact) mass is 525 g/mol. The van der Waals surface area contributed by atoms with Gasteiger partial charge in [0, 0.05) is 13.1 Å². The summed E-state index contributed by atoms with van der Waals surface area (Å²) in [5, 5.41) is 15.6. The van der Waals surface area contributed by atoms with E-state index in [1.807, 2.05) is 75.4 Å². The molecule has 3 atom stereocenters. The third kappa shape index (κ3) is 9.17. The van der Waals surface area contributed by atoms with Crippen LogP contribution in [-0.4, -0.2) is 52.7 Å². The Morgan fingerprint density at radius 1 is 0.974 bits per heavy atom. The molecule has 2 aromatic rings. The first-order valence-electron chi connectivity index (χ1n) is 13.3. The smallest absolute Gasteiger partial charge is 0.408 e. The Labute approximate surface area is 226 Å². The lowest BCUT2D eigenvalue weighted by Gasteiger charge is -2.35. The van der Waals surface area contributed by atoms with Crippen LogP contribution in [0.25, 0.3) is 0 Å². The molecular weight excluding hydrogens is 482 g/mol. The van der Waals surface area contributed by atoms with Gasteiger partial charge >= 0.3 is 6.09 Å². The molecule has 2 aromatic carbocycles. The highest BCUT2D eigenvalue weighted by molar-refractivity contribution is 5.92. The summed E-state index contributed by atoms with van der Waals surface area (Å²) in [4.78, 5) is 41.7. The van der Waals surface area contributed by atoms with Gasteiger partial charge in [0.2, 0.25) is 11.8 Å². The molecule has 208 valence electrons. The molecule has 0 aliphatic heterocycles. The van der Waals surface area contributed by atoms with Gasteiger partial charge in [0.1, 0.15) is 17.7 Å². The number of amides is 3. The van der Waals surface area contributed by atoms with Crippen molar-refractivity contribution in [3.63, 3.8) is 0 Å². The lowest BCUT2D eigenvalue weighted by Crippen LogP contribution is -2.55. The Morgan fingerprint density at radius 3 is 2.13 bits per heavy atom. The number of ether oxygens (including phenoxy) is 1. The van der Waals surface area contributed by atoms with Crippen molar-refractivity contribution < 1.29 is 24.2 Å². The van der Waals surface area contributed by atoms with Crippen LogP contribution in [0.1, 0.15) is 70.7 Å². The maximum absolute atomic E-state index is 14.0. The summed E-state index contributed by atoms with van der Waals surface area (Å²) in [5.41, 5.74) is 1.90. The maximum atomic E-state index is 14.0. The number of aliphatic hydroxyl groups is 1. The van der Waals surface area contributed by atoms with E-state index < -0.39 is 29.7 Å². The van der Waals surface area contributed by atoms with Crippen LogP contribution >= 0.6 is 0 Å². The molecule has 2 rings (SSSR count). The second-order valence-electron chi connectivity index (χ2n) is 10.5. The molecule has 3 unspecified atom stereocenters. The van der Waals surface area contributed by atoms with Crippen LogP contribution in [0, 0.1) is 5.92 Å². The molecule has 8 nitrogen and oxygen atoms in total. The first kappa shape index (κ1) is 30.8. The molecule has 3 N–H and O–H groups in total. The number of nitrogens with zero attached hydrogens (tertiary/aromatic N) is 1. The van der Waals surface area contributed by atoms with E-state index in [1.54, 1.807) is 20.8 Å². The molecule has 0 saturated heterocycles. The van der Waals surface area contributed by atoms with Gasteiger partial charge in [0.15, 0.2) is 0 Å². The van der Waals surface area contributed by atoms with E-state index in [4.69, 9.17) is 4.74 Å². The zero-order chi connectivity index (χ0) is 28.3. The molecule has 38 heavy (non-hydrogen) atoms. The first-order valence-corrected chi connectivity index (χ1v) is 13.3. The maximum Gasteiger partial charge on any atom is 0.408 e. The highest BCUT2D eigenvalue weighted by atomic mass is 16.6. The van der Waals surface area contributed by atoms with Gasteiger partial charge in [-0.05, 0) is 49.8 Å². The number of nitrogens with one attached hydrogen (secondary N) is 2. The van der Waals surface area contributed by atoms with E-state index in [2.05, 4.69) is 10.6 Å². The van der Waals surface area contributed by atoms with E-state index in [1.165, 1.54) is 4.90 Å². The number of carbonyl (C=O) groups excluding carboxylic acids is 3. The number of aliphatic hydroxyl groups excluding tert-OH is 1. The Balaban J connectivity index is 2.45. The van der Waals surface area contributed by atoms with Crippen molar-refractivity contribution in [3.8, 4) is 0 Å². The Hall–Kier alpha value is -3.39. The van der Waals surface area contributed by atoms with Gasteiger partial charge in [-0.3, -0.25) is 9.59 Å². The van der Waals surface area contributed by atoms with Crippen LogP contribution in [0.15, 0.2) is 54.6 Å². The van der Waals surface area contributed by atoms with Crippen LogP contribution < -0.4 is 10.6 Å². The van der Waals surface area contributed by atoms with Crippen molar-refractivity contribution in [2.75, 3.05) is 13.2 Å². The minimum Gasteiger partial charge on any atom is -0.444 e. The van der Waals surface area contributed by atoms with E-state index in [9.17, 15) is 19.5 Å². The number of rotatable bonds is 12. The summed E-state index contributed by atoms with van der Waals surface area (Å²) in [5.74, 6) is -1.08. The number of hydrogen-bond donors (Lipinski definition) is 3. The SMILES string of the molecule is CCc1ccc(C(C(=O)NCc2ccccc2)N(CCO)C(=O)C(NC(=O)OC(C)(C)C)C(C)CC)cc1. The number of aryl methyl sites for hydroxylation is 1. The molecule has 0 spiro atoms. The standard InChI is InChI=1S/C30H43N3O5/c1-7-21(3)25(32-29(37)38-30(4,5)6)28(36)33(18-19-34)26(24-16-14-22(8-2)15-17-24)27(35)31-20-23-12-10-9-11-13-23/h9-17,21,25-26,34H,7-8,18-20H2,1-6H3,(H,31,35)(H,32,37). The molecule has 0 saturated carbocycles. The van der Waals surface area contributed by atoms with E-state index in [0.717, 1.165) is 17.5 Å². The van der Waals surface area contributed by atoms with Gasteiger partial charge in [-0.15, -0.1) is 0 Å². The first-order chi connectivity index (χ1) is 18.0. The van der Waals surface area contributed by atoms with Crippen molar-refractivity contribution in [1.82, 2.24) is 15.5 Å². The Bertz CT molecular complexity index is 1030. The van der Waals surface area contributed by atoms with Gasteiger partial charge in [0.05, 0.1) is 6.61 Å². The fourth-order valence-electron chi connectivity index (χ4n) is 4.06. The molecule has 0 aliphatic rings. The summed E-state index contributed by atoms with van der Waals surface area (Å²) in [6.45, 7) is 10.9. The lowest BCUT2D eigenvalue weighted by atomic mass is 9.95. The topological polar surface area (TPSA) is 108 Å². The second kappa shape index (κ2) is 14.5. The summed E-state index contributed by atoms with van der Waals surface area (Å²) in [7, 11) is 0. The molecule has 0 heterocycles. The van der Waals surface area contributed by atoms with Crippen molar-refractivity contribution in [2.45, 2.75) is 78.6 Å². The number of benzene rings is 2. The predicted molar refractivity (Wildman–Crippen MR) is 148 cm³/mol. The highest BCUT2D eigenvalue weighted by Crippen LogP contribution is 2.25. The molecular formula is C30H43N3O5. The highest BCUT2D eigenvalue weighted by Gasteiger charge is 2.37. The van der Waals surface area contributed by atoms with Crippen LogP contribution in [0.2, 0.25) is 0 Å². The third-order valence-corrected chi connectivity index (χ3v) is 6.35. The molecule has 0 aliphatic carbocycles. The molecule has 3 amide bonds. The predicted octanol–water partition coefficient (Wildman–Crippen LogP) is 4.37. The number of hydrogen-bond acceptors (Lipinski definition) is 5. The van der Waals surface area contributed by atoms with Gasteiger partial charge in [-0.25, -0.2) is 4.79 Å². The fraction of sp³-hybridized carbons (Fsp3) is 0.500. The summed E-state index contributed by atoms with van der Waals surface area (Å²) in [6, 6.07) is 15.1. The zero-order valence-electron chi connectivity index (χ0n) is 23.5. The van der Waals surface area contributed by atoms with Crippen molar-refractivity contribution in [1.29, 1.82) is 0 Å². The van der Waals surface area contributed by atoms with Crippen LogP contribution in [0.4, 0.5) is 4.79 Å². The largest absolute Gasteiger partial charge is 0.444 e. The van der Waals surface area contributed by atoms with Gasteiger partial charge < -0.3 is 25.4 Å². The van der Waals surface area contributed by atoms with Gasteiger partial charge in [-0.2, -0.15) is 0 Å². The summed E-state index contributed by atoms with van der Waals surface area (Å²) in [6.07, 6.45) is 0.729. The molecule has 0 fully saturated rings. The van der Waals surface area contributed by atoms with E-state index in [0.29, 0.717) is 12.0 Å². The quantitative estimate of drug-likeness (QED) is 0.382. The molecule has 0 radical (unpaired) electrons. The lowest BCUT2D eigenvalue weighted by molar-refractivity contribution is -0.144. The molecule has 8 heteroatoms. The van der Waals surface area contributed by atoms with Crippen LogP contribution in [-0.2, 0) is 27.3 Å². The van der Waals surface area contributed by atoms with Gasteiger partial charge in [-0.1, -0.05) is 81.8 Å². The average molecular weight is 526 g/mol. The normalized spacial score (nSPS) is 13.7. The summed E-state index contributed by atoms with van der Waals surface area (Å²) < 4.78 is 5.41. The third-order valence-electron chi connectivity index (χ3n) is 6.35. The minimum atomic E-state index is -1.00. The van der Waals surface area contributed by atoms with Crippen molar-refractivity contribution in [3.05, 3.63) is 71.3 Å². The Morgan fingerprint density at radius 2 is 1.61 bits per heavy atom. The number of alkyl carbamates (subject to hydrolysis) is 1. The van der Waals surface area contributed by atoms with Crippen LogP contribution in [0.3, 0.4) is 0 Å². The molecule has 0 bridgehead atoms. The minimum absolute atomic E-state index is 0.0826. The van der Waals surface area contributed by atoms with E-state index in [-0.39, 0.29) is 31.5 Å². The van der Waals surface area contributed by atoms with Gasteiger partial charge in [0.25, 0.3) is 0 Å². The fourth-order valence-corrected chi connectivity index (χ4v) is 4.06. The zero-order valence-corrected chi connectivity index (χ0v) is 23.5. The average Bonchev–Trinajstić information content (AvgIpc) is 2.89. The van der Waals surface area contributed by atoms with Crippen molar-refractivity contribution in [2.24, 2.45) is 5.92 Å². The number of carbonyl (C=O) groups is 3.